The van der Waals surface area contributed by atoms with Crippen LogP contribution in [0.15, 0.2) is 6.20 Å². The molecule has 0 fully saturated rings. The molecule has 0 radical (unpaired) electrons. The number of aliphatic hydroxyl groups excluding tert-OH is 1. The summed E-state index contributed by atoms with van der Waals surface area (Å²) in [5.41, 5.74) is 0.996. The third-order valence-corrected chi connectivity index (χ3v) is 2.27. The molecule has 0 aliphatic rings. The van der Waals surface area contributed by atoms with E-state index in [0.717, 1.165) is 6.42 Å². The smallest absolute Gasteiger partial charge is 0.341 e. The highest BCUT2D eigenvalue weighted by molar-refractivity contribution is 5.90. The number of carbonyl (C=O) groups is 1. The Bertz CT molecular complexity index is 318. The normalized spacial score (nSPS) is 12.5. The van der Waals surface area contributed by atoms with E-state index in [4.69, 9.17) is 9.84 Å². The number of nitrogens with zero attached hydrogens (tertiary/aromatic N) is 1. The van der Waals surface area contributed by atoms with Crippen molar-refractivity contribution in [3.05, 3.63) is 17.5 Å². The number of hydrogen-bond donors (Lipinski definition) is 2. The molecule has 0 aliphatic carbocycles. The molecule has 0 bridgehead atoms. The maximum absolute atomic E-state index is 11.5. The van der Waals surface area contributed by atoms with Gasteiger partial charge in [-0.05, 0) is 13.3 Å². The molecular formula is C10H16N2O3. The fourth-order valence-corrected chi connectivity index (χ4v) is 1.39. The second-order valence-electron chi connectivity index (χ2n) is 3.19. The summed E-state index contributed by atoms with van der Waals surface area (Å²) in [7, 11) is 0. The number of ether oxygens (including phenoxy) is 1. The molecular weight excluding hydrogens is 196 g/mol. The molecule has 0 aliphatic heterocycles. The Hall–Kier alpha value is -1.36. The highest BCUT2D eigenvalue weighted by Crippen LogP contribution is 2.20. The molecule has 2 N–H and O–H groups in total. The first kappa shape index (κ1) is 11.7. The molecule has 5 nitrogen and oxygen atoms in total. The first-order valence-corrected chi connectivity index (χ1v) is 5.06. The van der Waals surface area contributed by atoms with Crippen LogP contribution in [0.25, 0.3) is 0 Å². The van der Waals surface area contributed by atoms with Crippen molar-refractivity contribution < 1.29 is 14.6 Å². The van der Waals surface area contributed by atoms with Crippen LogP contribution in [0.1, 0.15) is 42.2 Å². The van der Waals surface area contributed by atoms with E-state index in [-0.39, 0.29) is 12.5 Å². The van der Waals surface area contributed by atoms with E-state index in [1.165, 1.54) is 6.20 Å². The monoisotopic (exact) mass is 212 g/mol. The molecule has 15 heavy (non-hydrogen) atoms. The van der Waals surface area contributed by atoms with Crippen molar-refractivity contribution in [2.45, 2.75) is 26.2 Å². The SMILES string of the molecule is CCOC(=O)c1c[nH]nc1C(CC)CO. The molecule has 0 saturated carbocycles. The summed E-state index contributed by atoms with van der Waals surface area (Å²) in [6, 6.07) is 0. The number of aromatic amines is 1. The Morgan fingerprint density at radius 1 is 1.67 bits per heavy atom. The summed E-state index contributed by atoms with van der Waals surface area (Å²) < 4.78 is 4.89. The van der Waals surface area contributed by atoms with Crippen molar-refractivity contribution in [3.8, 4) is 0 Å². The number of carbonyl (C=O) groups excluding carboxylic acids is 1. The van der Waals surface area contributed by atoms with Gasteiger partial charge in [-0.2, -0.15) is 5.10 Å². The minimum atomic E-state index is -0.395. The third-order valence-electron chi connectivity index (χ3n) is 2.27. The number of hydrogen-bond acceptors (Lipinski definition) is 4. The number of H-pyrrole nitrogens is 1. The maximum atomic E-state index is 11.5. The van der Waals surface area contributed by atoms with Gasteiger partial charge in [0.2, 0.25) is 0 Å². The minimum absolute atomic E-state index is 0.0201. The van der Waals surface area contributed by atoms with Crippen molar-refractivity contribution in [2.24, 2.45) is 0 Å². The average Bonchev–Trinajstić information content (AvgIpc) is 2.69. The maximum Gasteiger partial charge on any atom is 0.341 e. The molecule has 5 heteroatoms. The topological polar surface area (TPSA) is 75.2 Å². The van der Waals surface area contributed by atoms with Crippen LogP contribution in [0, 0.1) is 0 Å². The van der Waals surface area contributed by atoms with Gasteiger partial charge in [-0.1, -0.05) is 6.92 Å². The molecule has 0 amide bonds. The molecule has 1 aromatic rings. The largest absolute Gasteiger partial charge is 0.462 e. The second kappa shape index (κ2) is 5.50. The van der Waals surface area contributed by atoms with Crippen LogP contribution in [0.4, 0.5) is 0 Å². The van der Waals surface area contributed by atoms with Crippen molar-refractivity contribution in [2.75, 3.05) is 13.2 Å². The summed E-state index contributed by atoms with van der Waals surface area (Å²) in [4.78, 5) is 11.5. The van der Waals surface area contributed by atoms with Crippen molar-refractivity contribution >= 4 is 5.97 Å². The lowest BCUT2D eigenvalue weighted by molar-refractivity contribution is 0.0524. The number of aliphatic hydroxyl groups is 1. The number of rotatable bonds is 5. The van der Waals surface area contributed by atoms with Crippen LogP contribution in [0.3, 0.4) is 0 Å². The Labute approximate surface area is 88.5 Å². The fraction of sp³-hybridized carbons (Fsp3) is 0.600. The predicted molar refractivity (Wildman–Crippen MR) is 54.7 cm³/mol. The van der Waals surface area contributed by atoms with Gasteiger partial charge in [-0.3, -0.25) is 5.10 Å². The lowest BCUT2D eigenvalue weighted by Crippen LogP contribution is -2.11. The summed E-state index contributed by atoms with van der Waals surface area (Å²) in [6.07, 6.45) is 2.24. The van der Waals surface area contributed by atoms with E-state index in [0.29, 0.717) is 17.9 Å². The van der Waals surface area contributed by atoms with Gasteiger partial charge in [0.15, 0.2) is 0 Å². The molecule has 1 aromatic heterocycles. The molecule has 84 valence electrons. The molecule has 1 unspecified atom stereocenters. The number of esters is 1. The molecule has 0 aromatic carbocycles. The number of aromatic nitrogens is 2. The zero-order valence-corrected chi connectivity index (χ0v) is 8.99. The minimum Gasteiger partial charge on any atom is -0.462 e. The lowest BCUT2D eigenvalue weighted by Gasteiger charge is -2.09. The van der Waals surface area contributed by atoms with Gasteiger partial charge in [0.1, 0.15) is 5.56 Å². The summed E-state index contributed by atoms with van der Waals surface area (Å²) in [6.45, 7) is 4.00. The molecule has 0 spiro atoms. The van der Waals surface area contributed by atoms with Crippen LogP contribution in [0.5, 0.6) is 0 Å². The van der Waals surface area contributed by atoms with Gasteiger partial charge in [0, 0.05) is 12.1 Å². The Balaban J connectivity index is 2.89. The summed E-state index contributed by atoms with van der Waals surface area (Å²) in [5.74, 6) is -0.510. The molecule has 0 saturated heterocycles. The van der Waals surface area contributed by atoms with Crippen LogP contribution in [-0.2, 0) is 4.74 Å². The Kier molecular flexibility index (Phi) is 4.30. The van der Waals surface area contributed by atoms with Gasteiger partial charge >= 0.3 is 5.97 Å². The first-order valence-electron chi connectivity index (χ1n) is 5.06. The van der Waals surface area contributed by atoms with E-state index in [9.17, 15) is 4.79 Å². The van der Waals surface area contributed by atoms with E-state index in [1.807, 2.05) is 6.92 Å². The summed E-state index contributed by atoms with van der Waals surface area (Å²) >= 11 is 0. The highest BCUT2D eigenvalue weighted by Gasteiger charge is 2.21. The Morgan fingerprint density at radius 2 is 2.40 bits per heavy atom. The zero-order chi connectivity index (χ0) is 11.3. The first-order chi connectivity index (χ1) is 7.24. The lowest BCUT2D eigenvalue weighted by atomic mass is 10.0. The van der Waals surface area contributed by atoms with Crippen LogP contribution in [0.2, 0.25) is 0 Å². The second-order valence-corrected chi connectivity index (χ2v) is 3.19. The quantitative estimate of drug-likeness (QED) is 0.716. The molecule has 1 heterocycles. The molecule has 1 atom stereocenters. The van der Waals surface area contributed by atoms with Crippen molar-refractivity contribution in [3.63, 3.8) is 0 Å². The van der Waals surface area contributed by atoms with Crippen LogP contribution in [-0.4, -0.2) is 34.5 Å². The summed E-state index contributed by atoms with van der Waals surface area (Å²) in [5, 5.41) is 15.7. The van der Waals surface area contributed by atoms with Crippen LogP contribution >= 0.6 is 0 Å². The van der Waals surface area contributed by atoms with E-state index < -0.39 is 5.97 Å². The van der Waals surface area contributed by atoms with Crippen molar-refractivity contribution in [1.82, 2.24) is 10.2 Å². The van der Waals surface area contributed by atoms with Gasteiger partial charge in [0.05, 0.1) is 18.9 Å². The zero-order valence-electron chi connectivity index (χ0n) is 8.99. The third kappa shape index (κ3) is 2.56. The van der Waals surface area contributed by atoms with Crippen LogP contribution < -0.4 is 0 Å². The highest BCUT2D eigenvalue weighted by atomic mass is 16.5. The number of nitrogens with one attached hydrogen (secondary N) is 1. The molecule has 1 rings (SSSR count). The van der Waals surface area contributed by atoms with E-state index in [2.05, 4.69) is 10.2 Å². The van der Waals surface area contributed by atoms with Crippen molar-refractivity contribution in [1.29, 1.82) is 0 Å². The Morgan fingerprint density at radius 3 is 2.93 bits per heavy atom. The van der Waals surface area contributed by atoms with E-state index >= 15 is 0 Å². The van der Waals surface area contributed by atoms with Gasteiger partial charge in [0.25, 0.3) is 0 Å². The van der Waals surface area contributed by atoms with Gasteiger partial charge < -0.3 is 9.84 Å². The van der Waals surface area contributed by atoms with Gasteiger partial charge in [-0.15, -0.1) is 0 Å². The standard InChI is InChI=1S/C10H16N2O3/c1-3-7(6-13)9-8(5-11-12-9)10(14)15-4-2/h5,7,13H,3-4,6H2,1-2H3,(H,11,12). The van der Waals surface area contributed by atoms with Gasteiger partial charge in [-0.25, -0.2) is 4.79 Å². The predicted octanol–water partition coefficient (Wildman–Crippen LogP) is 1.07. The average molecular weight is 212 g/mol. The fourth-order valence-electron chi connectivity index (χ4n) is 1.39. The van der Waals surface area contributed by atoms with E-state index in [1.54, 1.807) is 6.92 Å².